The van der Waals surface area contributed by atoms with Crippen molar-refractivity contribution in [2.24, 2.45) is 0 Å². The van der Waals surface area contributed by atoms with Gasteiger partial charge in [0.2, 0.25) is 10.0 Å². The maximum absolute atomic E-state index is 11.8. The molecule has 0 aliphatic carbocycles. The number of unbranched alkanes of at least 4 members (excludes halogenated alkanes) is 1. The SMILES string of the molecule is CCCCN(Cc1ccc(S(=O)(=O)NC)cc1)Cc1ccco1. The smallest absolute Gasteiger partial charge is 0.240 e. The summed E-state index contributed by atoms with van der Waals surface area (Å²) in [5.41, 5.74) is 1.09. The number of hydrogen-bond acceptors (Lipinski definition) is 4. The number of sulfonamides is 1. The van der Waals surface area contributed by atoms with E-state index in [1.54, 1.807) is 18.4 Å². The number of nitrogens with one attached hydrogen (secondary N) is 1. The Balaban J connectivity index is 2.06. The molecule has 0 saturated carbocycles. The van der Waals surface area contributed by atoms with E-state index in [4.69, 9.17) is 4.42 Å². The van der Waals surface area contributed by atoms with Crippen molar-refractivity contribution < 1.29 is 12.8 Å². The molecule has 0 amide bonds. The molecule has 6 heteroatoms. The van der Waals surface area contributed by atoms with E-state index in [-0.39, 0.29) is 4.90 Å². The van der Waals surface area contributed by atoms with Gasteiger partial charge in [0, 0.05) is 6.54 Å². The second kappa shape index (κ2) is 8.29. The van der Waals surface area contributed by atoms with Crippen molar-refractivity contribution in [1.82, 2.24) is 9.62 Å². The van der Waals surface area contributed by atoms with Gasteiger partial charge in [-0.2, -0.15) is 0 Å². The zero-order valence-electron chi connectivity index (χ0n) is 13.7. The highest BCUT2D eigenvalue weighted by molar-refractivity contribution is 7.89. The van der Waals surface area contributed by atoms with E-state index < -0.39 is 10.0 Å². The number of rotatable bonds is 9. The van der Waals surface area contributed by atoms with Crippen LogP contribution < -0.4 is 4.72 Å². The lowest BCUT2D eigenvalue weighted by molar-refractivity contribution is 0.232. The zero-order valence-corrected chi connectivity index (χ0v) is 14.5. The van der Waals surface area contributed by atoms with E-state index in [1.807, 2.05) is 24.3 Å². The van der Waals surface area contributed by atoms with Crippen LogP contribution in [0, 0.1) is 0 Å². The molecule has 5 nitrogen and oxygen atoms in total. The highest BCUT2D eigenvalue weighted by Gasteiger charge is 2.12. The molecule has 0 unspecified atom stereocenters. The van der Waals surface area contributed by atoms with Crippen molar-refractivity contribution >= 4 is 10.0 Å². The predicted molar refractivity (Wildman–Crippen MR) is 90.4 cm³/mol. The van der Waals surface area contributed by atoms with Crippen LogP contribution in [0.4, 0.5) is 0 Å². The lowest BCUT2D eigenvalue weighted by Crippen LogP contribution is -2.24. The molecule has 0 spiro atoms. The molecular weight excluding hydrogens is 312 g/mol. The molecule has 0 bridgehead atoms. The first-order valence-electron chi connectivity index (χ1n) is 7.82. The second-order valence-electron chi connectivity index (χ2n) is 5.50. The van der Waals surface area contributed by atoms with Crippen LogP contribution in [0.2, 0.25) is 0 Å². The number of nitrogens with zero attached hydrogens (tertiary/aromatic N) is 1. The molecule has 126 valence electrons. The van der Waals surface area contributed by atoms with Gasteiger partial charge in [-0.15, -0.1) is 0 Å². The molecule has 2 rings (SSSR count). The average molecular weight is 336 g/mol. The van der Waals surface area contributed by atoms with Gasteiger partial charge in [0.25, 0.3) is 0 Å². The standard InChI is InChI=1S/C17H24N2O3S/c1-3-4-11-19(14-16-6-5-12-22-16)13-15-7-9-17(10-8-15)23(20,21)18-2/h5-10,12,18H,3-4,11,13-14H2,1-2H3. The maximum Gasteiger partial charge on any atom is 0.240 e. The molecule has 0 atom stereocenters. The molecule has 1 aromatic heterocycles. The van der Waals surface area contributed by atoms with Crippen molar-refractivity contribution in [2.75, 3.05) is 13.6 Å². The van der Waals surface area contributed by atoms with E-state index in [0.717, 1.165) is 43.8 Å². The fraction of sp³-hybridized carbons (Fsp3) is 0.412. The molecule has 0 fully saturated rings. The van der Waals surface area contributed by atoms with E-state index in [0.29, 0.717) is 0 Å². The summed E-state index contributed by atoms with van der Waals surface area (Å²) < 4.78 is 31.3. The maximum atomic E-state index is 11.8. The molecule has 1 N–H and O–H groups in total. The predicted octanol–water partition coefficient (Wildman–Crippen LogP) is 2.99. The van der Waals surface area contributed by atoms with E-state index in [9.17, 15) is 8.42 Å². The zero-order chi connectivity index (χ0) is 16.7. The van der Waals surface area contributed by atoms with Crippen molar-refractivity contribution in [3.05, 3.63) is 54.0 Å². The van der Waals surface area contributed by atoms with Gasteiger partial charge in [-0.1, -0.05) is 25.5 Å². The Morgan fingerprint density at radius 2 is 1.87 bits per heavy atom. The Labute approximate surface area is 138 Å². The van der Waals surface area contributed by atoms with Crippen LogP contribution in [0.15, 0.2) is 52.0 Å². The van der Waals surface area contributed by atoms with Crippen LogP contribution in [0.1, 0.15) is 31.1 Å². The molecule has 2 aromatic rings. The normalized spacial score (nSPS) is 12.0. The van der Waals surface area contributed by atoms with Crippen LogP contribution in [-0.2, 0) is 23.1 Å². The van der Waals surface area contributed by atoms with Crippen molar-refractivity contribution in [3.8, 4) is 0 Å². The van der Waals surface area contributed by atoms with Gasteiger partial charge in [0.05, 0.1) is 17.7 Å². The van der Waals surface area contributed by atoms with Crippen LogP contribution in [0.3, 0.4) is 0 Å². The Bertz CT molecular complexity index is 679. The summed E-state index contributed by atoms with van der Waals surface area (Å²) in [4.78, 5) is 2.60. The van der Waals surface area contributed by atoms with Crippen molar-refractivity contribution in [3.63, 3.8) is 0 Å². The Kier molecular flexibility index (Phi) is 6.38. The van der Waals surface area contributed by atoms with Gasteiger partial charge in [-0.3, -0.25) is 4.90 Å². The fourth-order valence-electron chi connectivity index (χ4n) is 2.37. The van der Waals surface area contributed by atoms with Gasteiger partial charge in [-0.05, 0) is 49.8 Å². The first-order chi connectivity index (χ1) is 11.0. The van der Waals surface area contributed by atoms with Crippen LogP contribution in [-0.4, -0.2) is 26.9 Å². The lowest BCUT2D eigenvalue weighted by atomic mass is 10.2. The summed E-state index contributed by atoms with van der Waals surface area (Å²) in [6.07, 6.45) is 3.94. The quantitative estimate of drug-likeness (QED) is 0.765. The minimum Gasteiger partial charge on any atom is -0.468 e. The molecule has 1 heterocycles. The molecule has 1 aromatic carbocycles. The van der Waals surface area contributed by atoms with E-state index in [2.05, 4.69) is 16.5 Å². The van der Waals surface area contributed by atoms with E-state index >= 15 is 0 Å². The van der Waals surface area contributed by atoms with Crippen molar-refractivity contribution in [2.45, 2.75) is 37.8 Å². The number of hydrogen-bond donors (Lipinski definition) is 1. The third kappa shape index (κ3) is 5.20. The largest absolute Gasteiger partial charge is 0.468 e. The number of furan rings is 1. The summed E-state index contributed by atoms with van der Waals surface area (Å²) in [7, 11) is -1.96. The molecule has 0 aliphatic heterocycles. The van der Waals surface area contributed by atoms with Crippen molar-refractivity contribution in [1.29, 1.82) is 0 Å². The topological polar surface area (TPSA) is 62.6 Å². The Morgan fingerprint density at radius 1 is 1.13 bits per heavy atom. The molecule has 0 aliphatic rings. The first kappa shape index (κ1) is 17.7. The Hall–Kier alpha value is -1.63. The second-order valence-corrected chi connectivity index (χ2v) is 7.38. The summed E-state index contributed by atoms with van der Waals surface area (Å²) in [6.45, 7) is 4.67. The summed E-state index contributed by atoms with van der Waals surface area (Å²) in [5, 5.41) is 0. The van der Waals surface area contributed by atoms with Gasteiger partial charge < -0.3 is 4.42 Å². The van der Waals surface area contributed by atoms with Crippen LogP contribution in [0.5, 0.6) is 0 Å². The molecule has 0 saturated heterocycles. The molecular formula is C17H24N2O3S. The minimum atomic E-state index is -3.38. The lowest BCUT2D eigenvalue weighted by Gasteiger charge is -2.21. The monoisotopic (exact) mass is 336 g/mol. The first-order valence-corrected chi connectivity index (χ1v) is 9.30. The Morgan fingerprint density at radius 3 is 2.43 bits per heavy atom. The third-order valence-electron chi connectivity index (χ3n) is 3.70. The van der Waals surface area contributed by atoms with Gasteiger partial charge >= 0.3 is 0 Å². The fourth-order valence-corrected chi connectivity index (χ4v) is 3.10. The highest BCUT2D eigenvalue weighted by Crippen LogP contribution is 2.14. The average Bonchev–Trinajstić information content (AvgIpc) is 3.06. The van der Waals surface area contributed by atoms with Crippen LogP contribution >= 0.6 is 0 Å². The van der Waals surface area contributed by atoms with E-state index in [1.165, 1.54) is 7.05 Å². The molecule has 0 radical (unpaired) electrons. The van der Waals surface area contributed by atoms with Gasteiger partial charge in [0.15, 0.2) is 0 Å². The third-order valence-corrected chi connectivity index (χ3v) is 5.13. The molecule has 23 heavy (non-hydrogen) atoms. The minimum absolute atomic E-state index is 0.287. The van der Waals surface area contributed by atoms with Gasteiger partial charge in [0.1, 0.15) is 5.76 Å². The summed E-state index contributed by atoms with van der Waals surface area (Å²) >= 11 is 0. The van der Waals surface area contributed by atoms with Crippen LogP contribution in [0.25, 0.3) is 0 Å². The van der Waals surface area contributed by atoms with Gasteiger partial charge in [-0.25, -0.2) is 13.1 Å². The number of benzene rings is 1. The summed E-state index contributed by atoms with van der Waals surface area (Å²) in [6, 6.07) is 10.9. The summed E-state index contributed by atoms with van der Waals surface area (Å²) in [5.74, 6) is 0.940. The highest BCUT2D eigenvalue weighted by atomic mass is 32.2.